The largest absolute Gasteiger partial charge is 0.508 e. The number of hydrogen-bond acceptors (Lipinski definition) is 2. The lowest BCUT2D eigenvalue weighted by atomic mass is 9.74. The van der Waals surface area contributed by atoms with Gasteiger partial charge in [-0.25, -0.2) is 0 Å². The molecule has 122 valence electrons. The summed E-state index contributed by atoms with van der Waals surface area (Å²) >= 11 is 0. The molecule has 2 N–H and O–H groups in total. The molecule has 1 saturated carbocycles. The lowest BCUT2D eigenvalue weighted by Crippen LogP contribution is -2.14. The molecule has 3 rings (SSSR count). The Morgan fingerprint density at radius 3 is 1.96 bits per heavy atom. The molecule has 2 aromatic rings. The summed E-state index contributed by atoms with van der Waals surface area (Å²) in [5, 5.41) is 19.2. The maximum absolute atomic E-state index is 9.78. The third-order valence-corrected chi connectivity index (χ3v) is 5.22. The van der Waals surface area contributed by atoms with Gasteiger partial charge in [0.15, 0.2) is 0 Å². The van der Waals surface area contributed by atoms with E-state index >= 15 is 0 Å². The molecule has 1 aliphatic rings. The highest BCUT2D eigenvalue weighted by atomic mass is 16.3. The fraction of sp³-hybridized carbons (Fsp3) is 0.429. The van der Waals surface area contributed by atoms with Crippen LogP contribution in [0.1, 0.15) is 74.0 Å². The van der Waals surface area contributed by atoms with E-state index in [9.17, 15) is 10.2 Å². The molecule has 2 heteroatoms. The van der Waals surface area contributed by atoms with Crippen molar-refractivity contribution < 1.29 is 10.2 Å². The van der Waals surface area contributed by atoms with E-state index in [1.807, 2.05) is 12.1 Å². The van der Waals surface area contributed by atoms with Gasteiger partial charge in [0.2, 0.25) is 0 Å². The fourth-order valence-corrected chi connectivity index (χ4v) is 3.92. The predicted octanol–water partition coefficient (Wildman–Crippen LogP) is 5.66. The van der Waals surface area contributed by atoms with Crippen molar-refractivity contribution in [1.82, 2.24) is 0 Å². The number of aromatic hydroxyl groups is 2. The summed E-state index contributed by atoms with van der Waals surface area (Å²) in [7, 11) is 0. The Hall–Kier alpha value is -1.96. The van der Waals surface area contributed by atoms with Crippen LogP contribution in [0.2, 0.25) is 0 Å². The summed E-state index contributed by atoms with van der Waals surface area (Å²) in [6.07, 6.45) is 4.76. The van der Waals surface area contributed by atoms with E-state index in [-0.39, 0.29) is 0 Å². The lowest BCUT2D eigenvalue weighted by Gasteiger charge is -2.31. The number of phenols is 2. The summed E-state index contributed by atoms with van der Waals surface area (Å²) in [5.74, 6) is 2.35. The third kappa shape index (κ3) is 3.52. The molecule has 0 atom stereocenters. The maximum Gasteiger partial charge on any atom is 0.115 e. The third-order valence-electron chi connectivity index (χ3n) is 5.22. The van der Waals surface area contributed by atoms with Gasteiger partial charge in [-0.15, -0.1) is 0 Å². The maximum atomic E-state index is 9.78. The minimum atomic E-state index is 0.341. The molecule has 1 fully saturated rings. The van der Waals surface area contributed by atoms with E-state index < -0.39 is 0 Å². The fourth-order valence-electron chi connectivity index (χ4n) is 3.92. The zero-order chi connectivity index (χ0) is 16.4. The van der Waals surface area contributed by atoms with Crippen LogP contribution in [-0.4, -0.2) is 10.2 Å². The van der Waals surface area contributed by atoms with Crippen LogP contribution in [0.25, 0.3) is 0 Å². The van der Waals surface area contributed by atoms with E-state index in [2.05, 4.69) is 32.0 Å². The van der Waals surface area contributed by atoms with Gasteiger partial charge in [0.05, 0.1) is 0 Å². The van der Waals surface area contributed by atoms with E-state index in [1.165, 1.54) is 42.4 Å². The van der Waals surface area contributed by atoms with Crippen molar-refractivity contribution in [3.8, 4) is 11.5 Å². The number of benzene rings is 2. The zero-order valence-corrected chi connectivity index (χ0v) is 14.0. The highest BCUT2D eigenvalue weighted by Crippen LogP contribution is 2.43. The normalized spacial score (nSPS) is 21.5. The van der Waals surface area contributed by atoms with Crippen molar-refractivity contribution in [1.29, 1.82) is 0 Å². The molecule has 0 bridgehead atoms. The van der Waals surface area contributed by atoms with Crippen LogP contribution in [0, 0.1) is 0 Å². The molecule has 23 heavy (non-hydrogen) atoms. The average Bonchev–Trinajstić information content (AvgIpc) is 2.56. The second-order valence-corrected chi connectivity index (χ2v) is 7.11. The first-order valence-corrected chi connectivity index (χ1v) is 8.66. The van der Waals surface area contributed by atoms with E-state index in [0.29, 0.717) is 29.3 Å². The molecule has 1 aliphatic carbocycles. The van der Waals surface area contributed by atoms with Crippen molar-refractivity contribution in [2.75, 3.05) is 0 Å². The molecule has 0 saturated heterocycles. The van der Waals surface area contributed by atoms with Gasteiger partial charge < -0.3 is 10.2 Å². The van der Waals surface area contributed by atoms with Crippen LogP contribution >= 0.6 is 0 Å². The molecular weight excluding hydrogens is 284 g/mol. The Morgan fingerprint density at radius 2 is 1.35 bits per heavy atom. The molecule has 0 amide bonds. The van der Waals surface area contributed by atoms with Gasteiger partial charge in [-0.1, -0.05) is 32.0 Å². The van der Waals surface area contributed by atoms with Gasteiger partial charge in [0.1, 0.15) is 11.5 Å². The van der Waals surface area contributed by atoms with Crippen LogP contribution in [0.3, 0.4) is 0 Å². The van der Waals surface area contributed by atoms with Gasteiger partial charge in [-0.05, 0) is 84.4 Å². The molecule has 0 unspecified atom stereocenters. The molecule has 0 aromatic heterocycles. The molecule has 2 aromatic carbocycles. The van der Waals surface area contributed by atoms with Gasteiger partial charge in [0, 0.05) is 0 Å². The zero-order valence-electron chi connectivity index (χ0n) is 14.0. The molecule has 0 aliphatic heterocycles. The van der Waals surface area contributed by atoms with Gasteiger partial charge in [-0.2, -0.15) is 0 Å². The van der Waals surface area contributed by atoms with E-state index in [4.69, 9.17) is 0 Å². The standard InChI is InChI=1S/C21H26O2/c1-14(2)21-13-19(23)11-12-20(21)17-5-3-15(4-6-17)16-7-9-18(22)10-8-16/h7-15,17,22-23H,3-6H2,1-2H3. The van der Waals surface area contributed by atoms with Crippen molar-refractivity contribution in [2.45, 2.75) is 57.3 Å². The molecule has 2 nitrogen and oxygen atoms in total. The molecule has 0 radical (unpaired) electrons. The first-order chi connectivity index (χ1) is 11.0. The number of hydrogen-bond donors (Lipinski definition) is 2. The molecule has 0 spiro atoms. The topological polar surface area (TPSA) is 40.5 Å². The van der Waals surface area contributed by atoms with Crippen LogP contribution in [0.4, 0.5) is 0 Å². The Balaban J connectivity index is 1.73. The van der Waals surface area contributed by atoms with Crippen LogP contribution < -0.4 is 0 Å². The summed E-state index contributed by atoms with van der Waals surface area (Å²) in [6, 6.07) is 13.6. The highest BCUT2D eigenvalue weighted by Gasteiger charge is 2.25. The minimum Gasteiger partial charge on any atom is -0.508 e. The average molecular weight is 310 g/mol. The van der Waals surface area contributed by atoms with E-state index in [1.54, 1.807) is 12.1 Å². The minimum absolute atomic E-state index is 0.341. The van der Waals surface area contributed by atoms with Crippen molar-refractivity contribution in [3.05, 3.63) is 59.2 Å². The van der Waals surface area contributed by atoms with Crippen LogP contribution in [0.5, 0.6) is 11.5 Å². The second-order valence-electron chi connectivity index (χ2n) is 7.11. The van der Waals surface area contributed by atoms with Crippen molar-refractivity contribution >= 4 is 0 Å². The monoisotopic (exact) mass is 310 g/mol. The smallest absolute Gasteiger partial charge is 0.115 e. The lowest BCUT2D eigenvalue weighted by molar-refractivity contribution is 0.393. The van der Waals surface area contributed by atoms with Crippen molar-refractivity contribution in [2.24, 2.45) is 0 Å². The summed E-state index contributed by atoms with van der Waals surface area (Å²) < 4.78 is 0. The quantitative estimate of drug-likeness (QED) is 0.767. The molecular formula is C21H26O2. The summed E-state index contributed by atoms with van der Waals surface area (Å²) in [5.41, 5.74) is 4.05. The Kier molecular flexibility index (Phi) is 4.61. The number of phenolic OH excluding ortho intramolecular Hbond substituents is 2. The SMILES string of the molecule is CC(C)c1cc(O)ccc1C1CCC(c2ccc(O)cc2)CC1. The number of rotatable bonds is 3. The van der Waals surface area contributed by atoms with Crippen molar-refractivity contribution in [3.63, 3.8) is 0 Å². The van der Waals surface area contributed by atoms with Gasteiger partial charge >= 0.3 is 0 Å². The Labute approximate surface area is 138 Å². The second kappa shape index (κ2) is 6.66. The Bertz CT molecular complexity index is 650. The van der Waals surface area contributed by atoms with E-state index in [0.717, 1.165) is 0 Å². The Morgan fingerprint density at radius 1 is 0.783 bits per heavy atom. The van der Waals surface area contributed by atoms with Gasteiger partial charge in [-0.3, -0.25) is 0 Å². The van der Waals surface area contributed by atoms with Gasteiger partial charge in [0.25, 0.3) is 0 Å². The highest BCUT2D eigenvalue weighted by molar-refractivity contribution is 5.39. The first-order valence-electron chi connectivity index (χ1n) is 8.66. The van der Waals surface area contributed by atoms with Crippen LogP contribution in [-0.2, 0) is 0 Å². The first kappa shape index (κ1) is 15.9. The summed E-state index contributed by atoms with van der Waals surface area (Å²) in [4.78, 5) is 0. The summed E-state index contributed by atoms with van der Waals surface area (Å²) in [6.45, 7) is 4.39. The van der Waals surface area contributed by atoms with Crippen LogP contribution in [0.15, 0.2) is 42.5 Å². The molecule has 0 heterocycles. The predicted molar refractivity (Wildman–Crippen MR) is 94.3 cm³/mol.